The van der Waals surface area contributed by atoms with Crippen LogP contribution in [0, 0.1) is 0 Å². The number of carbonyl (C=O) groups excluding carboxylic acids is 2. The highest BCUT2D eigenvalue weighted by Gasteiger charge is 2.06. The van der Waals surface area contributed by atoms with E-state index < -0.39 is 0 Å². The lowest BCUT2D eigenvalue weighted by Gasteiger charge is -2.04. The lowest BCUT2D eigenvalue weighted by molar-refractivity contribution is 0.0526. The lowest BCUT2D eigenvalue weighted by atomic mass is 10.1. The van der Waals surface area contributed by atoms with Crippen LogP contribution in [-0.4, -0.2) is 23.8 Å². The third-order valence-corrected chi connectivity index (χ3v) is 2.61. The SMILES string of the molecule is CCOC(=O)c1ccc(-c2ccc(C=O)cn2)cc1. The zero-order valence-electron chi connectivity index (χ0n) is 10.5. The van der Waals surface area contributed by atoms with Crippen molar-refractivity contribution >= 4 is 12.3 Å². The average molecular weight is 255 g/mol. The topological polar surface area (TPSA) is 56.3 Å². The summed E-state index contributed by atoms with van der Waals surface area (Å²) in [5.74, 6) is -0.335. The van der Waals surface area contributed by atoms with Gasteiger partial charge in [0.25, 0.3) is 0 Å². The summed E-state index contributed by atoms with van der Waals surface area (Å²) in [6.07, 6.45) is 2.27. The van der Waals surface area contributed by atoms with E-state index in [1.165, 1.54) is 6.20 Å². The van der Waals surface area contributed by atoms with Crippen LogP contribution in [0.2, 0.25) is 0 Å². The number of esters is 1. The van der Waals surface area contributed by atoms with Gasteiger partial charge < -0.3 is 4.74 Å². The second kappa shape index (κ2) is 5.91. The Labute approximate surface area is 111 Å². The summed E-state index contributed by atoms with van der Waals surface area (Å²) in [6.45, 7) is 2.13. The number of rotatable bonds is 4. The molecule has 2 rings (SSSR count). The van der Waals surface area contributed by atoms with Crippen molar-refractivity contribution in [2.24, 2.45) is 0 Å². The summed E-state index contributed by atoms with van der Waals surface area (Å²) in [5, 5.41) is 0. The third-order valence-electron chi connectivity index (χ3n) is 2.61. The molecular formula is C15H13NO3. The predicted molar refractivity (Wildman–Crippen MR) is 71.0 cm³/mol. The van der Waals surface area contributed by atoms with E-state index in [1.54, 1.807) is 43.3 Å². The van der Waals surface area contributed by atoms with Crippen LogP contribution in [-0.2, 0) is 4.74 Å². The summed E-state index contributed by atoms with van der Waals surface area (Å²) in [7, 11) is 0. The fourth-order valence-electron chi connectivity index (χ4n) is 1.64. The molecular weight excluding hydrogens is 242 g/mol. The Kier molecular flexibility index (Phi) is 4.03. The van der Waals surface area contributed by atoms with Crippen molar-refractivity contribution in [1.82, 2.24) is 4.98 Å². The van der Waals surface area contributed by atoms with Crippen LogP contribution in [0.15, 0.2) is 42.6 Å². The molecule has 0 bridgehead atoms. The molecule has 0 N–H and O–H groups in total. The first-order valence-electron chi connectivity index (χ1n) is 5.93. The normalized spacial score (nSPS) is 9.95. The Balaban J connectivity index is 2.21. The lowest BCUT2D eigenvalue weighted by Crippen LogP contribution is -2.04. The van der Waals surface area contributed by atoms with Crippen LogP contribution in [0.25, 0.3) is 11.3 Å². The monoisotopic (exact) mass is 255 g/mol. The molecule has 0 aliphatic rings. The largest absolute Gasteiger partial charge is 0.462 e. The molecule has 0 aliphatic carbocycles. The zero-order chi connectivity index (χ0) is 13.7. The van der Waals surface area contributed by atoms with Crippen molar-refractivity contribution < 1.29 is 14.3 Å². The van der Waals surface area contributed by atoms with Gasteiger partial charge in [-0.3, -0.25) is 9.78 Å². The Bertz CT molecular complexity index is 573. The van der Waals surface area contributed by atoms with E-state index >= 15 is 0 Å². The third kappa shape index (κ3) is 3.04. The van der Waals surface area contributed by atoms with Crippen molar-refractivity contribution in [2.45, 2.75) is 6.92 Å². The van der Waals surface area contributed by atoms with Crippen LogP contribution >= 0.6 is 0 Å². The standard InChI is InChI=1S/C15H13NO3/c1-2-19-15(18)13-6-4-12(5-7-13)14-8-3-11(10-17)9-16-14/h3-10H,2H2,1H3. The molecule has 0 amide bonds. The van der Waals surface area contributed by atoms with Crippen molar-refractivity contribution in [3.05, 3.63) is 53.7 Å². The minimum atomic E-state index is -0.335. The Hall–Kier alpha value is -2.49. The second-order valence-corrected chi connectivity index (χ2v) is 3.89. The van der Waals surface area contributed by atoms with Crippen LogP contribution < -0.4 is 0 Å². The Morgan fingerprint density at radius 1 is 1.21 bits per heavy atom. The van der Waals surface area contributed by atoms with E-state index in [1.807, 2.05) is 0 Å². The van der Waals surface area contributed by atoms with Crippen LogP contribution in [0.1, 0.15) is 27.6 Å². The highest BCUT2D eigenvalue weighted by molar-refractivity contribution is 5.90. The average Bonchev–Trinajstić information content (AvgIpc) is 2.48. The molecule has 0 aliphatic heterocycles. The highest BCUT2D eigenvalue weighted by atomic mass is 16.5. The Morgan fingerprint density at radius 2 is 1.95 bits per heavy atom. The minimum absolute atomic E-state index is 0.335. The predicted octanol–water partition coefficient (Wildman–Crippen LogP) is 2.74. The molecule has 4 nitrogen and oxygen atoms in total. The molecule has 0 fully saturated rings. The number of hydrogen-bond donors (Lipinski definition) is 0. The Morgan fingerprint density at radius 3 is 2.47 bits per heavy atom. The number of ether oxygens (including phenoxy) is 1. The number of benzene rings is 1. The van der Waals surface area contributed by atoms with Gasteiger partial charge in [-0.1, -0.05) is 12.1 Å². The summed E-state index contributed by atoms with van der Waals surface area (Å²) in [4.78, 5) is 26.2. The molecule has 1 aromatic heterocycles. The van der Waals surface area contributed by atoms with E-state index in [0.717, 1.165) is 17.5 Å². The van der Waals surface area contributed by atoms with Gasteiger partial charge in [0.05, 0.1) is 17.9 Å². The van der Waals surface area contributed by atoms with E-state index in [0.29, 0.717) is 17.7 Å². The molecule has 19 heavy (non-hydrogen) atoms. The maximum atomic E-state index is 11.5. The number of aldehydes is 1. The molecule has 1 heterocycles. The zero-order valence-corrected chi connectivity index (χ0v) is 10.5. The minimum Gasteiger partial charge on any atom is -0.462 e. The first kappa shape index (κ1) is 13.0. The van der Waals surface area contributed by atoms with Crippen molar-refractivity contribution in [3.63, 3.8) is 0 Å². The quantitative estimate of drug-likeness (QED) is 0.622. The molecule has 1 aromatic carbocycles. The number of pyridine rings is 1. The van der Waals surface area contributed by atoms with Gasteiger partial charge in [0.15, 0.2) is 6.29 Å². The maximum Gasteiger partial charge on any atom is 0.338 e. The molecule has 0 spiro atoms. The smallest absolute Gasteiger partial charge is 0.338 e. The molecule has 96 valence electrons. The molecule has 0 unspecified atom stereocenters. The molecule has 0 radical (unpaired) electrons. The fourth-order valence-corrected chi connectivity index (χ4v) is 1.64. The molecule has 2 aromatic rings. The number of hydrogen-bond acceptors (Lipinski definition) is 4. The number of aromatic nitrogens is 1. The maximum absolute atomic E-state index is 11.5. The van der Waals surface area contributed by atoms with Crippen molar-refractivity contribution in [2.75, 3.05) is 6.61 Å². The van der Waals surface area contributed by atoms with Gasteiger partial charge in [-0.05, 0) is 31.2 Å². The highest BCUT2D eigenvalue weighted by Crippen LogP contribution is 2.17. The van der Waals surface area contributed by atoms with Gasteiger partial charge in [-0.25, -0.2) is 4.79 Å². The fraction of sp³-hybridized carbons (Fsp3) is 0.133. The van der Waals surface area contributed by atoms with E-state index in [9.17, 15) is 9.59 Å². The van der Waals surface area contributed by atoms with Crippen molar-refractivity contribution in [3.8, 4) is 11.3 Å². The van der Waals surface area contributed by atoms with E-state index in [4.69, 9.17) is 4.74 Å². The van der Waals surface area contributed by atoms with Crippen LogP contribution in [0.4, 0.5) is 0 Å². The summed E-state index contributed by atoms with van der Waals surface area (Å²) < 4.78 is 4.91. The number of carbonyl (C=O) groups is 2. The van der Waals surface area contributed by atoms with Crippen LogP contribution in [0.5, 0.6) is 0 Å². The molecule has 0 saturated carbocycles. The summed E-state index contributed by atoms with van der Waals surface area (Å²) in [6, 6.07) is 10.5. The van der Waals surface area contributed by atoms with Gasteiger partial charge in [0.1, 0.15) is 0 Å². The summed E-state index contributed by atoms with van der Waals surface area (Å²) in [5.41, 5.74) is 2.67. The van der Waals surface area contributed by atoms with Crippen molar-refractivity contribution in [1.29, 1.82) is 0 Å². The van der Waals surface area contributed by atoms with Gasteiger partial charge in [-0.15, -0.1) is 0 Å². The second-order valence-electron chi connectivity index (χ2n) is 3.89. The van der Waals surface area contributed by atoms with Gasteiger partial charge in [-0.2, -0.15) is 0 Å². The van der Waals surface area contributed by atoms with E-state index in [-0.39, 0.29) is 5.97 Å². The van der Waals surface area contributed by atoms with Gasteiger partial charge in [0.2, 0.25) is 0 Å². The first-order valence-corrected chi connectivity index (χ1v) is 5.93. The van der Waals surface area contributed by atoms with Crippen LogP contribution in [0.3, 0.4) is 0 Å². The first-order chi connectivity index (χ1) is 9.24. The molecule has 0 atom stereocenters. The van der Waals surface area contributed by atoms with E-state index in [2.05, 4.69) is 4.98 Å². The molecule has 4 heteroatoms. The summed E-state index contributed by atoms with van der Waals surface area (Å²) >= 11 is 0. The molecule has 0 saturated heterocycles. The number of nitrogens with zero attached hydrogens (tertiary/aromatic N) is 1. The van der Waals surface area contributed by atoms with Gasteiger partial charge in [0, 0.05) is 17.3 Å². The van der Waals surface area contributed by atoms with Gasteiger partial charge >= 0.3 is 5.97 Å².